The summed E-state index contributed by atoms with van der Waals surface area (Å²) >= 11 is 1.22. The van der Waals surface area contributed by atoms with Crippen LogP contribution in [0.15, 0.2) is 63.9 Å². The molecule has 3 aromatic rings. The minimum absolute atomic E-state index is 0.00108. The van der Waals surface area contributed by atoms with Gasteiger partial charge in [-0.1, -0.05) is 18.2 Å². The van der Waals surface area contributed by atoms with Crippen molar-refractivity contribution in [2.75, 3.05) is 5.75 Å². The maximum absolute atomic E-state index is 12.0. The fraction of sp³-hybridized carbons (Fsp3) is 0.167. The Hall–Kier alpha value is -3.20. The number of non-ortho nitro benzene ring substituents is 1. The topological polar surface area (TPSA) is 108 Å². The number of aromatic nitrogens is 2. The molecular weight excluding hydrogens is 370 g/mol. The van der Waals surface area contributed by atoms with E-state index in [1.54, 1.807) is 19.1 Å². The van der Waals surface area contributed by atoms with Crippen LogP contribution in [0.3, 0.4) is 0 Å². The summed E-state index contributed by atoms with van der Waals surface area (Å²) in [6.45, 7) is 1.65. The van der Waals surface area contributed by atoms with Gasteiger partial charge in [0.05, 0.1) is 10.7 Å². The summed E-state index contributed by atoms with van der Waals surface area (Å²) < 4.78 is 10.9. The number of carbonyl (C=O) groups excluding carboxylic acids is 1. The quantitative estimate of drug-likeness (QED) is 0.259. The molecule has 9 heteroatoms. The van der Waals surface area contributed by atoms with Crippen LogP contribution in [-0.4, -0.2) is 26.8 Å². The van der Waals surface area contributed by atoms with Crippen LogP contribution >= 0.6 is 11.8 Å². The SMILES string of the molecule is C[C@H](OC(=O)CSc1ccc([N+](=O)[O-])cc1)c1nnc(-c2ccccc2)o1. The Balaban J connectivity index is 1.53. The molecule has 0 N–H and O–H groups in total. The molecule has 138 valence electrons. The zero-order valence-corrected chi connectivity index (χ0v) is 15.1. The fourth-order valence-electron chi connectivity index (χ4n) is 2.18. The normalized spacial score (nSPS) is 11.7. The summed E-state index contributed by atoms with van der Waals surface area (Å²) in [6, 6.07) is 15.2. The predicted octanol–water partition coefficient (Wildman–Crippen LogP) is 4.04. The van der Waals surface area contributed by atoms with Crippen LogP contribution < -0.4 is 0 Å². The van der Waals surface area contributed by atoms with E-state index < -0.39 is 17.0 Å². The number of nitrogens with zero attached hydrogens (tertiary/aromatic N) is 3. The summed E-state index contributed by atoms with van der Waals surface area (Å²) in [5.41, 5.74) is 0.782. The van der Waals surface area contributed by atoms with Crippen molar-refractivity contribution in [2.24, 2.45) is 0 Å². The van der Waals surface area contributed by atoms with E-state index in [4.69, 9.17) is 9.15 Å². The molecular formula is C18H15N3O5S. The van der Waals surface area contributed by atoms with Crippen LogP contribution in [-0.2, 0) is 9.53 Å². The number of hydrogen-bond acceptors (Lipinski definition) is 8. The second-order valence-corrected chi connectivity index (χ2v) is 6.53. The number of nitro benzene ring substituents is 1. The minimum atomic E-state index is -0.681. The van der Waals surface area contributed by atoms with Gasteiger partial charge < -0.3 is 9.15 Å². The third kappa shape index (κ3) is 4.91. The molecule has 2 aromatic carbocycles. The molecule has 0 amide bonds. The Labute approximate surface area is 158 Å². The van der Waals surface area contributed by atoms with Gasteiger partial charge in [0, 0.05) is 22.6 Å². The van der Waals surface area contributed by atoms with Gasteiger partial charge in [-0.15, -0.1) is 22.0 Å². The third-order valence-electron chi connectivity index (χ3n) is 3.52. The molecule has 1 aromatic heterocycles. The van der Waals surface area contributed by atoms with Gasteiger partial charge in [0.2, 0.25) is 5.89 Å². The molecule has 0 bridgehead atoms. The van der Waals surface area contributed by atoms with Crippen LogP contribution in [0, 0.1) is 10.1 Å². The Morgan fingerprint density at radius 3 is 2.56 bits per heavy atom. The average Bonchev–Trinajstić information content (AvgIpc) is 3.18. The molecule has 0 aliphatic rings. The van der Waals surface area contributed by atoms with Crippen LogP contribution in [0.5, 0.6) is 0 Å². The standard InChI is InChI=1S/C18H15N3O5S/c1-12(17-19-20-18(26-17)13-5-3-2-4-6-13)25-16(22)11-27-15-9-7-14(8-10-15)21(23)24/h2-10,12H,11H2,1H3/t12-/m0/s1. The molecule has 0 aliphatic heterocycles. The van der Waals surface area contributed by atoms with E-state index in [-0.39, 0.29) is 17.3 Å². The summed E-state index contributed by atoms with van der Waals surface area (Å²) in [5.74, 6) is 0.170. The lowest BCUT2D eigenvalue weighted by molar-refractivity contribution is -0.384. The molecule has 1 atom stereocenters. The predicted molar refractivity (Wildman–Crippen MR) is 98.1 cm³/mol. The number of thioether (sulfide) groups is 1. The summed E-state index contributed by atoms with van der Waals surface area (Å²) in [4.78, 5) is 22.9. The first-order chi connectivity index (χ1) is 13.0. The lowest BCUT2D eigenvalue weighted by Crippen LogP contribution is -2.11. The molecule has 0 saturated carbocycles. The van der Waals surface area contributed by atoms with E-state index in [9.17, 15) is 14.9 Å². The Kier molecular flexibility index (Phi) is 5.82. The molecule has 0 fully saturated rings. The van der Waals surface area contributed by atoms with Crippen LogP contribution in [0.4, 0.5) is 5.69 Å². The van der Waals surface area contributed by atoms with Crippen molar-refractivity contribution in [3.8, 4) is 11.5 Å². The molecule has 0 aliphatic carbocycles. The number of esters is 1. The lowest BCUT2D eigenvalue weighted by Gasteiger charge is -2.09. The number of benzene rings is 2. The Morgan fingerprint density at radius 2 is 1.89 bits per heavy atom. The highest BCUT2D eigenvalue weighted by Crippen LogP contribution is 2.24. The van der Waals surface area contributed by atoms with Crippen molar-refractivity contribution in [1.29, 1.82) is 0 Å². The molecule has 0 saturated heterocycles. The van der Waals surface area contributed by atoms with E-state index in [2.05, 4.69) is 10.2 Å². The minimum Gasteiger partial charge on any atom is -0.452 e. The summed E-state index contributed by atoms with van der Waals surface area (Å²) in [7, 11) is 0. The lowest BCUT2D eigenvalue weighted by atomic mass is 10.2. The molecule has 8 nitrogen and oxygen atoms in total. The fourth-order valence-corrected chi connectivity index (χ4v) is 2.87. The second-order valence-electron chi connectivity index (χ2n) is 5.48. The van der Waals surface area contributed by atoms with Gasteiger partial charge in [-0.2, -0.15) is 0 Å². The summed E-state index contributed by atoms with van der Waals surface area (Å²) in [6.07, 6.45) is -0.681. The zero-order valence-electron chi connectivity index (χ0n) is 14.3. The van der Waals surface area contributed by atoms with E-state index in [0.29, 0.717) is 5.89 Å². The van der Waals surface area contributed by atoms with Gasteiger partial charge in [-0.3, -0.25) is 14.9 Å². The Bertz CT molecular complexity index is 928. The van der Waals surface area contributed by atoms with Gasteiger partial charge in [0.1, 0.15) is 0 Å². The molecule has 3 rings (SSSR count). The first-order valence-electron chi connectivity index (χ1n) is 7.98. The Morgan fingerprint density at radius 1 is 1.19 bits per heavy atom. The van der Waals surface area contributed by atoms with Gasteiger partial charge in [0.15, 0.2) is 6.10 Å². The van der Waals surface area contributed by atoms with E-state index in [0.717, 1.165) is 10.5 Å². The number of ether oxygens (including phenoxy) is 1. The molecule has 0 spiro atoms. The molecule has 1 heterocycles. The van der Waals surface area contributed by atoms with Gasteiger partial charge in [0.25, 0.3) is 11.6 Å². The number of carbonyl (C=O) groups is 1. The van der Waals surface area contributed by atoms with Crippen LogP contribution in [0.2, 0.25) is 0 Å². The second kappa shape index (κ2) is 8.45. The number of rotatable bonds is 7. The highest BCUT2D eigenvalue weighted by molar-refractivity contribution is 8.00. The highest BCUT2D eigenvalue weighted by Gasteiger charge is 2.19. The van der Waals surface area contributed by atoms with Gasteiger partial charge in [-0.05, 0) is 31.2 Å². The van der Waals surface area contributed by atoms with Crippen molar-refractivity contribution >= 4 is 23.4 Å². The largest absolute Gasteiger partial charge is 0.452 e. The van der Waals surface area contributed by atoms with Crippen molar-refractivity contribution in [1.82, 2.24) is 10.2 Å². The van der Waals surface area contributed by atoms with E-state index >= 15 is 0 Å². The third-order valence-corrected chi connectivity index (χ3v) is 4.51. The van der Waals surface area contributed by atoms with Crippen molar-refractivity contribution in [2.45, 2.75) is 17.9 Å². The monoisotopic (exact) mass is 385 g/mol. The van der Waals surface area contributed by atoms with Gasteiger partial charge >= 0.3 is 5.97 Å². The van der Waals surface area contributed by atoms with Crippen LogP contribution in [0.1, 0.15) is 18.9 Å². The van der Waals surface area contributed by atoms with Gasteiger partial charge in [-0.25, -0.2) is 0 Å². The van der Waals surface area contributed by atoms with Crippen molar-refractivity contribution < 1.29 is 18.9 Å². The zero-order chi connectivity index (χ0) is 19.2. The molecule has 0 radical (unpaired) electrons. The smallest absolute Gasteiger partial charge is 0.317 e. The average molecular weight is 385 g/mol. The van der Waals surface area contributed by atoms with Crippen molar-refractivity contribution in [3.05, 3.63) is 70.6 Å². The number of nitro groups is 1. The van der Waals surface area contributed by atoms with Crippen molar-refractivity contribution in [3.63, 3.8) is 0 Å². The first-order valence-corrected chi connectivity index (χ1v) is 8.97. The summed E-state index contributed by atoms with van der Waals surface area (Å²) in [5, 5.41) is 18.5. The highest BCUT2D eigenvalue weighted by atomic mass is 32.2. The van der Waals surface area contributed by atoms with E-state index in [1.807, 2.05) is 30.3 Å². The molecule has 27 heavy (non-hydrogen) atoms. The maximum atomic E-state index is 12.0. The van der Waals surface area contributed by atoms with Crippen LogP contribution in [0.25, 0.3) is 11.5 Å². The number of hydrogen-bond donors (Lipinski definition) is 0. The molecule has 0 unspecified atom stereocenters. The first kappa shape index (κ1) is 18.6. The maximum Gasteiger partial charge on any atom is 0.317 e. The van der Waals surface area contributed by atoms with E-state index in [1.165, 1.54) is 23.9 Å².